The van der Waals surface area contributed by atoms with Gasteiger partial charge in [-0.05, 0) is 37.8 Å². The van der Waals surface area contributed by atoms with Crippen molar-refractivity contribution in [2.45, 2.75) is 25.7 Å². The molecule has 6 nitrogen and oxygen atoms in total. The molecule has 3 saturated heterocycles. The number of anilines is 1. The van der Waals surface area contributed by atoms with E-state index >= 15 is 0 Å². The highest BCUT2D eigenvalue weighted by Gasteiger charge is 2.41. The van der Waals surface area contributed by atoms with E-state index in [-0.39, 0.29) is 11.3 Å². The van der Waals surface area contributed by atoms with Crippen molar-refractivity contribution in [3.05, 3.63) is 24.5 Å². The van der Waals surface area contributed by atoms with Crippen LogP contribution in [0.3, 0.4) is 0 Å². The lowest BCUT2D eigenvalue weighted by Crippen LogP contribution is -2.53. The Labute approximate surface area is 155 Å². The molecule has 3 aliphatic rings. The molecule has 1 spiro atoms. The van der Waals surface area contributed by atoms with Crippen LogP contribution in [0.4, 0.5) is 5.69 Å². The average molecular weight is 359 g/mol. The number of carbonyl (C=O) groups excluding carboxylic acids is 1. The smallest absolute Gasteiger partial charge is 0.225 e. The summed E-state index contributed by atoms with van der Waals surface area (Å²) in [5.41, 5.74) is 1.16. The first-order valence-electron chi connectivity index (χ1n) is 9.85. The summed E-state index contributed by atoms with van der Waals surface area (Å²) >= 11 is 0. The highest BCUT2D eigenvalue weighted by atomic mass is 16.5. The Morgan fingerprint density at radius 2 is 2.04 bits per heavy atom. The fourth-order valence-electron chi connectivity index (χ4n) is 4.60. The van der Waals surface area contributed by atoms with Crippen molar-refractivity contribution in [1.82, 2.24) is 9.88 Å². The summed E-state index contributed by atoms with van der Waals surface area (Å²) < 4.78 is 11.4. The molecular weight excluding hydrogens is 330 g/mol. The van der Waals surface area contributed by atoms with Crippen molar-refractivity contribution in [1.29, 1.82) is 0 Å². The Morgan fingerprint density at radius 1 is 1.15 bits per heavy atom. The Hall–Kier alpha value is -1.66. The van der Waals surface area contributed by atoms with Gasteiger partial charge in [-0.25, -0.2) is 0 Å². The van der Waals surface area contributed by atoms with Crippen LogP contribution < -0.4 is 4.90 Å². The maximum atomic E-state index is 13.0. The van der Waals surface area contributed by atoms with Crippen molar-refractivity contribution >= 4 is 11.6 Å². The Balaban J connectivity index is 1.48. The summed E-state index contributed by atoms with van der Waals surface area (Å²) in [6.07, 6.45) is 7.62. The van der Waals surface area contributed by atoms with Crippen molar-refractivity contribution < 1.29 is 14.3 Å². The molecule has 0 aliphatic carbocycles. The maximum Gasteiger partial charge on any atom is 0.225 e. The second-order valence-electron chi connectivity index (χ2n) is 7.94. The standard InChI is InChI=1S/C20H29N3O3/c24-19(17-4-10-25-11-5-17)23-8-2-6-20(15-23)14-22(9-12-26-16-20)18-3-1-7-21-13-18/h1,3,7,13,17H,2,4-6,8-12,14-16H2/t20-/m1/s1. The number of carbonyl (C=O) groups is 1. The predicted molar refractivity (Wildman–Crippen MR) is 99.1 cm³/mol. The quantitative estimate of drug-likeness (QED) is 0.808. The predicted octanol–water partition coefficient (Wildman–Crippen LogP) is 1.95. The number of hydrogen-bond donors (Lipinski definition) is 0. The van der Waals surface area contributed by atoms with E-state index in [1.807, 2.05) is 18.5 Å². The van der Waals surface area contributed by atoms with E-state index in [4.69, 9.17) is 9.47 Å². The molecule has 3 aliphatic heterocycles. The zero-order chi connectivity index (χ0) is 17.8. The summed E-state index contributed by atoms with van der Waals surface area (Å²) in [4.78, 5) is 21.8. The van der Waals surface area contributed by atoms with Gasteiger partial charge in [0, 0.05) is 56.9 Å². The lowest BCUT2D eigenvalue weighted by Gasteiger charge is -2.45. The largest absolute Gasteiger partial charge is 0.381 e. The molecule has 0 aromatic carbocycles. The molecule has 1 atom stereocenters. The number of hydrogen-bond acceptors (Lipinski definition) is 5. The van der Waals surface area contributed by atoms with Gasteiger partial charge >= 0.3 is 0 Å². The molecule has 0 radical (unpaired) electrons. The number of rotatable bonds is 2. The minimum atomic E-state index is 0.0193. The van der Waals surface area contributed by atoms with Gasteiger partial charge in [0.05, 0.1) is 25.1 Å². The van der Waals surface area contributed by atoms with Crippen molar-refractivity contribution in [2.24, 2.45) is 11.3 Å². The molecule has 0 unspecified atom stereocenters. The molecule has 0 bridgehead atoms. The molecular formula is C20H29N3O3. The van der Waals surface area contributed by atoms with Gasteiger partial charge in [-0.3, -0.25) is 9.78 Å². The van der Waals surface area contributed by atoms with Crippen LogP contribution in [0.25, 0.3) is 0 Å². The molecule has 142 valence electrons. The lowest BCUT2D eigenvalue weighted by atomic mass is 9.79. The zero-order valence-corrected chi connectivity index (χ0v) is 15.4. The van der Waals surface area contributed by atoms with Crippen LogP contribution in [-0.2, 0) is 14.3 Å². The first-order valence-corrected chi connectivity index (χ1v) is 9.85. The van der Waals surface area contributed by atoms with Gasteiger partial charge < -0.3 is 19.3 Å². The van der Waals surface area contributed by atoms with Gasteiger partial charge in [-0.2, -0.15) is 0 Å². The van der Waals surface area contributed by atoms with Crippen LogP contribution in [0.5, 0.6) is 0 Å². The molecule has 0 saturated carbocycles. The Kier molecular flexibility index (Phi) is 5.41. The number of likely N-dealkylation sites (tertiary alicyclic amines) is 1. The van der Waals surface area contributed by atoms with Gasteiger partial charge in [0.2, 0.25) is 5.91 Å². The van der Waals surface area contributed by atoms with Crippen molar-refractivity contribution in [3.8, 4) is 0 Å². The van der Waals surface area contributed by atoms with E-state index in [0.717, 1.165) is 70.8 Å². The summed E-state index contributed by atoms with van der Waals surface area (Å²) in [5, 5.41) is 0. The van der Waals surface area contributed by atoms with Crippen molar-refractivity contribution in [2.75, 3.05) is 57.5 Å². The molecule has 4 heterocycles. The van der Waals surface area contributed by atoms with Gasteiger partial charge in [0.25, 0.3) is 0 Å². The monoisotopic (exact) mass is 359 g/mol. The summed E-state index contributed by atoms with van der Waals surface area (Å²) in [6.45, 7) is 6.38. The molecule has 4 rings (SSSR count). The normalized spacial score (nSPS) is 28.2. The lowest BCUT2D eigenvalue weighted by molar-refractivity contribution is -0.143. The second kappa shape index (κ2) is 7.92. The summed E-state index contributed by atoms with van der Waals surface area (Å²) in [7, 11) is 0. The minimum absolute atomic E-state index is 0.0193. The van der Waals surface area contributed by atoms with Crippen LogP contribution in [-0.4, -0.2) is 68.4 Å². The summed E-state index contributed by atoms with van der Waals surface area (Å²) in [6, 6.07) is 4.09. The fraction of sp³-hybridized carbons (Fsp3) is 0.700. The molecule has 1 amide bonds. The minimum Gasteiger partial charge on any atom is -0.381 e. The molecule has 6 heteroatoms. The number of nitrogens with zero attached hydrogens (tertiary/aromatic N) is 3. The van der Waals surface area contributed by atoms with E-state index < -0.39 is 0 Å². The number of piperidine rings is 1. The van der Waals surface area contributed by atoms with E-state index in [1.165, 1.54) is 0 Å². The molecule has 26 heavy (non-hydrogen) atoms. The third kappa shape index (κ3) is 3.86. The molecule has 3 fully saturated rings. The number of aromatic nitrogens is 1. The summed E-state index contributed by atoms with van der Waals surface area (Å²) in [5.74, 6) is 0.463. The topological polar surface area (TPSA) is 54.9 Å². The van der Waals surface area contributed by atoms with Crippen LogP contribution in [0.15, 0.2) is 24.5 Å². The van der Waals surface area contributed by atoms with Crippen LogP contribution in [0.2, 0.25) is 0 Å². The first-order chi connectivity index (χ1) is 12.8. The third-order valence-corrected chi connectivity index (χ3v) is 5.99. The number of amides is 1. The van der Waals surface area contributed by atoms with Gasteiger partial charge in [-0.1, -0.05) is 0 Å². The highest BCUT2D eigenvalue weighted by molar-refractivity contribution is 5.79. The Bertz CT molecular complexity index is 606. The number of ether oxygens (including phenoxy) is 2. The third-order valence-electron chi connectivity index (χ3n) is 5.99. The average Bonchev–Trinajstić information content (AvgIpc) is 2.91. The molecule has 1 aromatic heterocycles. The van der Waals surface area contributed by atoms with Crippen molar-refractivity contribution in [3.63, 3.8) is 0 Å². The Morgan fingerprint density at radius 3 is 2.85 bits per heavy atom. The van der Waals surface area contributed by atoms with E-state index in [0.29, 0.717) is 19.1 Å². The van der Waals surface area contributed by atoms with E-state index in [9.17, 15) is 4.79 Å². The van der Waals surface area contributed by atoms with Gasteiger partial charge in [0.1, 0.15) is 0 Å². The highest BCUT2D eigenvalue weighted by Crippen LogP contribution is 2.35. The second-order valence-corrected chi connectivity index (χ2v) is 7.94. The van der Waals surface area contributed by atoms with Crippen LogP contribution in [0.1, 0.15) is 25.7 Å². The first kappa shape index (κ1) is 17.7. The van der Waals surface area contributed by atoms with E-state index in [2.05, 4.69) is 20.9 Å². The fourth-order valence-corrected chi connectivity index (χ4v) is 4.60. The molecule has 1 aromatic rings. The van der Waals surface area contributed by atoms with E-state index in [1.54, 1.807) is 0 Å². The van der Waals surface area contributed by atoms with Gasteiger partial charge in [-0.15, -0.1) is 0 Å². The zero-order valence-electron chi connectivity index (χ0n) is 15.4. The van der Waals surface area contributed by atoms with Crippen LogP contribution in [0, 0.1) is 11.3 Å². The van der Waals surface area contributed by atoms with Crippen LogP contribution >= 0.6 is 0 Å². The maximum absolute atomic E-state index is 13.0. The molecule has 0 N–H and O–H groups in total. The SMILES string of the molecule is O=C(C1CCOCC1)N1CCC[C@]2(COCCN(c3cccnc3)C2)C1. The van der Waals surface area contributed by atoms with Gasteiger partial charge in [0.15, 0.2) is 0 Å². The number of pyridine rings is 1.